The zero-order chi connectivity index (χ0) is 18.5. The molecule has 2 fully saturated rings. The van der Waals surface area contributed by atoms with Crippen molar-refractivity contribution in [3.8, 4) is 0 Å². The number of nitrogens with two attached hydrogens (primary N) is 1. The van der Waals surface area contributed by atoms with Crippen molar-refractivity contribution in [3.05, 3.63) is 54.0 Å². The molecule has 27 heavy (non-hydrogen) atoms. The molecule has 0 unspecified atom stereocenters. The van der Waals surface area contributed by atoms with Crippen LogP contribution in [-0.4, -0.2) is 47.1 Å². The Morgan fingerprint density at radius 3 is 2.59 bits per heavy atom. The van der Waals surface area contributed by atoms with Gasteiger partial charge in [-0.15, -0.1) is 0 Å². The summed E-state index contributed by atoms with van der Waals surface area (Å²) < 4.78 is 0. The first-order valence-corrected chi connectivity index (χ1v) is 10.3. The molecule has 0 spiro atoms. The summed E-state index contributed by atoms with van der Waals surface area (Å²) in [7, 11) is 0. The molecule has 0 amide bonds. The molecule has 2 aliphatic rings. The minimum atomic E-state index is 0.355. The number of anilines is 1. The average molecular weight is 366 g/mol. The van der Waals surface area contributed by atoms with Crippen LogP contribution in [0.3, 0.4) is 0 Å². The second-order valence-corrected chi connectivity index (χ2v) is 8.16. The predicted molar refractivity (Wildman–Crippen MR) is 110 cm³/mol. The van der Waals surface area contributed by atoms with Crippen molar-refractivity contribution < 1.29 is 0 Å². The largest absolute Gasteiger partial charge is 0.370 e. The Balaban J connectivity index is 1.18. The third-order valence-corrected chi connectivity index (χ3v) is 6.12. The van der Waals surface area contributed by atoms with Crippen LogP contribution in [0.4, 0.5) is 5.82 Å². The van der Waals surface area contributed by atoms with E-state index in [0.29, 0.717) is 12.0 Å². The molecule has 0 radical (unpaired) electrons. The quantitative estimate of drug-likeness (QED) is 0.789. The summed E-state index contributed by atoms with van der Waals surface area (Å²) in [5.41, 5.74) is 8.48. The summed E-state index contributed by atoms with van der Waals surface area (Å²) in [5.74, 6) is 2.22. The number of nitrogens with zero attached hydrogens (tertiary/aromatic N) is 3. The van der Waals surface area contributed by atoms with E-state index in [0.717, 1.165) is 43.2 Å². The number of rotatable bonds is 7. The molecule has 2 aromatic rings. The highest BCUT2D eigenvalue weighted by molar-refractivity contribution is 5.36. The lowest BCUT2D eigenvalue weighted by atomic mass is 9.78. The van der Waals surface area contributed by atoms with E-state index in [1.54, 1.807) is 6.33 Å². The van der Waals surface area contributed by atoms with E-state index >= 15 is 0 Å². The number of aromatic nitrogens is 2. The fraction of sp³-hybridized carbons (Fsp3) is 0.545. The predicted octanol–water partition coefficient (Wildman–Crippen LogP) is 3.05. The molecule has 1 aromatic heterocycles. The highest BCUT2D eigenvalue weighted by Crippen LogP contribution is 2.34. The molecular weight excluding hydrogens is 334 g/mol. The first-order valence-electron chi connectivity index (χ1n) is 10.3. The second kappa shape index (κ2) is 8.81. The SMILES string of the molecule is NC1CC(c2cc(NCC3CCN(CCc4ccccc4)CC3)ncn2)C1. The molecule has 1 aromatic carbocycles. The lowest BCUT2D eigenvalue weighted by Gasteiger charge is -2.32. The standard InChI is InChI=1S/C22H31N5/c23-20-12-19(13-20)21-14-22(26-16-25-21)24-15-18-7-10-27(11-8-18)9-6-17-4-2-1-3-5-17/h1-5,14,16,18-20H,6-13,15,23H2,(H,24,25,26). The zero-order valence-corrected chi connectivity index (χ0v) is 16.1. The maximum absolute atomic E-state index is 5.90. The van der Waals surface area contributed by atoms with Crippen molar-refractivity contribution in [2.24, 2.45) is 11.7 Å². The van der Waals surface area contributed by atoms with Crippen LogP contribution in [0.25, 0.3) is 0 Å². The number of nitrogens with one attached hydrogen (secondary N) is 1. The Kier molecular flexibility index (Phi) is 6.00. The molecule has 4 rings (SSSR count). The van der Waals surface area contributed by atoms with Crippen molar-refractivity contribution in [1.82, 2.24) is 14.9 Å². The Hall–Kier alpha value is -1.98. The third kappa shape index (κ3) is 5.05. The van der Waals surface area contributed by atoms with Gasteiger partial charge in [0.25, 0.3) is 0 Å². The van der Waals surface area contributed by atoms with Crippen LogP contribution >= 0.6 is 0 Å². The number of likely N-dealkylation sites (tertiary alicyclic amines) is 1. The van der Waals surface area contributed by atoms with Crippen molar-refractivity contribution in [2.75, 3.05) is 31.5 Å². The maximum Gasteiger partial charge on any atom is 0.129 e. The second-order valence-electron chi connectivity index (χ2n) is 8.16. The molecular formula is C22H31N5. The van der Waals surface area contributed by atoms with Gasteiger partial charge in [-0.25, -0.2) is 9.97 Å². The third-order valence-electron chi connectivity index (χ3n) is 6.12. The van der Waals surface area contributed by atoms with Gasteiger partial charge in [-0.3, -0.25) is 0 Å². The Bertz CT molecular complexity index is 706. The van der Waals surface area contributed by atoms with Crippen LogP contribution in [0.1, 0.15) is 42.9 Å². The molecule has 1 aliphatic carbocycles. The first-order chi connectivity index (χ1) is 13.3. The van der Waals surface area contributed by atoms with Gasteiger partial charge in [0.05, 0.1) is 0 Å². The van der Waals surface area contributed by atoms with Crippen LogP contribution in [0.2, 0.25) is 0 Å². The van der Waals surface area contributed by atoms with Gasteiger partial charge in [-0.2, -0.15) is 0 Å². The normalized spacial score (nSPS) is 23.7. The first kappa shape index (κ1) is 18.4. The van der Waals surface area contributed by atoms with Gasteiger partial charge in [-0.1, -0.05) is 30.3 Å². The molecule has 5 nitrogen and oxygen atoms in total. The van der Waals surface area contributed by atoms with Gasteiger partial charge in [-0.05, 0) is 56.7 Å². The van der Waals surface area contributed by atoms with E-state index in [2.05, 4.69) is 56.6 Å². The average Bonchev–Trinajstić information content (AvgIpc) is 2.70. The monoisotopic (exact) mass is 365 g/mol. The summed E-state index contributed by atoms with van der Waals surface area (Å²) in [6.07, 6.45) is 7.47. The summed E-state index contributed by atoms with van der Waals surface area (Å²) in [6, 6.07) is 13.3. The van der Waals surface area contributed by atoms with Gasteiger partial charge in [0, 0.05) is 36.8 Å². The lowest BCUT2D eigenvalue weighted by molar-refractivity contribution is 0.191. The molecule has 0 bridgehead atoms. The number of hydrogen-bond donors (Lipinski definition) is 2. The Labute approximate surface area is 162 Å². The van der Waals surface area contributed by atoms with E-state index in [9.17, 15) is 0 Å². The van der Waals surface area contributed by atoms with Crippen LogP contribution < -0.4 is 11.1 Å². The smallest absolute Gasteiger partial charge is 0.129 e. The topological polar surface area (TPSA) is 67.1 Å². The number of piperidine rings is 1. The van der Waals surface area contributed by atoms with E-state index in [1.807, 2.05) is 0 Å². The van der Waals surface area contributed by atoms with E-state index < -0.39 is 0 Å². The molecule has 2 heterocycles. The molecule has 1 saturated carbocycles. The number of benzene rings is 1. The summed E-state index contributed by atoms with van der Waals surface area (Å²) >= 11 is 0. The van der Waals surface area contributed by atoms with Crippen LogP contribution in [0.5, 0.6) is 0 Å². The van der Waals surface area contributed by atoms with Crippen LogP contribution in [-0.2, 0) is 6.42 Å². The molecule has 144 valence electrons. The van der Waals surface area contributed by atoms with E-state index in [-0.39, 0.29) is 0 Å². The summed E-state index contributed by atoms with van der Waals surface area (Å²) in [5, 5.41) is 3.54. The Morgan fingerprint density at radius 1 is 1.07 bits per heavy atom. The van der Waals surface area contributed by atoms with Gasteiger partial charge in [0.15, 0.2) is 0 Å². The van der Waals surface area contributed by atoms with Crippen LogP contribution in [0.15, 0.2) is 42.7 Å². The molecule has 1 saturated heterocycles. The highest BCUT2D eigenvalue weighted by Gasteiger charge is 2.28. The molecule has 5 heteroatoms. The van der Waals surface area contributed by atoms with Crippen molar-refractivity contribution >= 4 is 5.82 Å². The zero-order valence-electron chi connectivity index (χ0n) is 16.1. The Morgan fingerprint density at radius 2 is 1.85 bits per heavy atom. The molecule has 3 N–H and O–H groups in total. The fourth-order valence-electron chi connectivity index (χ4n) is 4.19. The van der Waals surface area contributed by atoms with Gasteiger partial charge >= 0.3 is 0 Å². The molecule has 1 aliphatic heterocycles. The van der Waals surface area contributed by atoms with Gasteiger partial charge in [0.1, 0.15) is 12.1 Å². The van der Waals surface area contributed by atoms with Crippen molar-refractivity contribution in [2.45, 2.75) is 44.1 Å². The van der Waals surface area contributed by atoms with E-state index in [4.69, 9.17) is 5.73 Å². The molecule has 0 atom stereocenters. The minimum absolute atomic E-state index is 0.355. The van der Waals surface area contributed by atoms with Gasteiger partial charge in [0.2, 0.25) is 0 Å². The van der Waals surface area contributed by atoms with Gasteiger partial charge < -0.3 is 16.0 Å². The van der Waals surface area contributed by atoms with Crippen molar-refractivity contribution in [3.63, 3.8) is 0 Å². The highest BCUT2D eigenvalue weighted by atomic mass is 15.1. The van der Waals surface area contributed by atoms with Crippen LogP contribution in [0, 0.1) is 5.92 Å². The maximum atomic E-state index is 5.90. The van der Waals surface area contributed by atoms with E-state index in [1.165, 1.54) is 38.0 Å². The summed E-state index contributed by atoms with van der Waals surface area (Å²) in [4.78, 5) is 11.4. The van der Waals surface area contributed by atoms with Crippen molar-refractivity contribution in [1.29, 1.82) is 0 Å². The fourth-order valence-corrected chi connectivity index (χ4v) is 4.19. The lowest BCUT2D eigenvalue weighted by Crippen LogP contribution is -2.37. The number of hydrogen-bond acceptors (Lipinski definition) is 5. The minimum Gasteiger partial charge on any atom is -0.370 e. The summed E-state index contributed by atoms with van der Waals surface area (Å²) in [6.45, 7) is 4.58.